The Morgan fingerprint density at radius 1 is 1.10 bits per heavy atom. The van der Waals surface area contributed by atoms with Crippen LogP contribution in [0.4, 0.5) is 4.39 Å². The van der Waals surface area contributed by atoms with Crippen molar-refractivity contribution in [2.45, 2.75) is 122 Å². The maximum Gasteiger partial charge on any atom is 0.338 e. The van der Waals surface area contributed by atoms with E-state index in [1.54, 1.807) is 13.0 Å². The second-order valence-electron chi connectivity index (χ2n) is 14.2. The van der Waals surface area contributed by atoms with E-state index in [1.807, 2.05) is 19.9 Å². The molecule has 1 aliphatic carbocycles. The molecule has 3 heterocycles. The zero-order chi connectivity index (χ0) is 36.9. The molecule has 0 radical (unpaired) electrons. The topological polar surface area (TPSA) is 158 Å². The summed E-state index contributed by atoms with van der Waals surface area (Å²) in [6.07, 6.45) is 9.08. The number of amides is 3. The first-order valence-corrected chi connectivity index (χ1v) is 17.6. The number of ether oxygens (including phenoxy) is 3. The lowest BCUT2D eigenvalue weighted by Gasteiger charge is -2.39. The van der Waals surface area contributed by atoms with Crippen molar-refractivity contribution in [2.24, 2.45) is 11.3 Å². The number of carbonyl (C=O) groups excluding carboxylic acids is 5. The van der Waals surface area contributed by atoms with Gasteiger partial charge in [-0.2, -0.15) is 0 Å². The minimum absolute atomic E-state index is 0.0213. The lowest BCUT2D eigenvalue weighted by molar-refractivity contribution is -0.202. The molecule has 1 aromatic rings. The molecule has 12 nitrogen and oxygen atoms in total. The van der Waals surface area contributed by atoms with E-state index in [2.05, 4.69) is 18.3 Å². The summed E-state index contributed by atoms with van der Waals surface area (Å²) in [7, 11) is 0. The maximum atomic E-state index is 13.1. The maximum absolute atomic E-state index is 13.1. The molecule has 5 rings (SSSR count). The number of halogens is 1. The lowest BCUT2D eigenvalue weighted by atomic mass is 9.84. The van der Waals surface area contributed by atoms with Gasteiger partial charge in [-0.05, 0) is 89.1 Å². The largest absolute Gasteiger partial charge is 0.455 e. The highest BCUT2D eigenvalue weighted by Gasteiger charge is 2.56. The van der Waals surface area contributed by atoms with E-state index in [1.165, 1.54) is 36.4 Å². The molecule has 1 unspecified atom stereocenters. The molecule has 3 saturated heterocycles. The first-order chi connectivity index (χ1) is 24.2. The summed E-state index contributed by atoms with van der Waals surface area (Å²) in [5, 5.41) is 14.6. The first-order valence-electron chi connectivity index (χ1n) is 17.6. The number of carbonyl (C=O) groups is 5. The van der Waals surface area contributed by atoms with E-state index >= 15 is 0 Å². The average Bonchev–Trinajstić information content (AvgIpc) is 3.79. The van der Waals surface area contributed by atoms with Gasteiger partial charge in [0.05, 0.1) is 42.4 Å². The Labute approximate surface area is 297 Å². The van der Waals surface area contributed by atoms with Gasteiger partial charge in [-0.15, -0.1) is 5.06 Å². The Kier molecular flexibility index (Phi) is 12.3. The molecule has 1 saturated carbocycles. The highest BCUT2D eigenvalue weighted by molar-refractivity contribution is 6.01. The van der Waals surface area contributed by atoms with E-state index in [0.29, 0.717) is 24.3 Å². The van der Waals surface area contributed by atoms with Crippen molar-refractivity contribution in [2.75, 3.05) is 0 Å². The minimum Gasteiger partial charge on any atom is -0.455 e. The second kappa shape index (κ2) is 16.4. The van der Waals surface area contributed by atoms with E-state index in [9.17, 15) is 33.5 Å². The van der Waals surface area contributed by atoms with Crippen LogP contribution in [0.3, 0.4) is 0 Å². The standard InChI is InChI=1S/C38H47FN2O10/c1-22(6-13-31-36(46)38(17-18-38)21-28(50-31)20-35(45)51-41-33(43)15-16-34(41)44)5-12-30-23(2)19-29(25(4)49-30)40-32(42)14-7-24(3)48-37(47)26-8-10-27(39)11-9-26/h5-11,13-14,23-25,28-31,36,46H,12,15-21H2,1-4H3,(H,40,42)/b13-6+,14-7-,22-5+/t23-,24?,25+,28+,29+,30-,31+,36+/m0/s1. The van der Waals surface area contributed by atoms with Crippen LogP contribution in [-0.4, -0.2) is 82.5 Å². The van der Waals surface area contributed by atoms with Crippen LogP contribution in [0, 0.1) is 17.2 Å². The number of aliphatic hydroxyl groups is 1. The van der Waals surface area contributed by atoms with E-state index < -0.39 is 54.0 Å². The molecule has 0 bridgehead atoms. The Bertz CT molecular complexity index is 1550. The van der Waals surface area contributed by atoms with Crippen LogP contribution in [0.15, 0.2) is 60.2 Å². The predicted molar refractivity (Wildman–Crippen MR) is 181 cm³/mol. The third-order valence-electron chi connectivity index (χ3n) is 10.1. The molecule has 1 spiro atoms. The molecule has 276 valence electrons. The Morgan fingerprint density at radius 3 is 2.45 bits per heavy atom. The smallest absolute Gasteiger partial charge is 0.338 e. The number of esters is 1. The summed E-state index contributed by atoms with van der Waals surface area (Å²) in [4.78, 5) is 66.1. The second-order valence-corrected chi connectivity index (χ2v) is 14.2. The number of nitrogens with one attached hydrogen (secondary N) is 1. The zero-order valence-electron chi connectivity index (χ0n) is 29.4. The van der Waals surface area contributed by atoms with Crippen LogP contribution in [-0.2, 0) is 38.2 Å². The number of imide groups is 1. The first kappa shape index (κ1) is 38.0. The van der Waals surface area contributed by atoms with E-state index in [-0.39, 0.29) is 60.3 Å². The third kappa shape index (κ3) is 9.99. The van der Waals surface area contributed by atoms with Crippen molar-refractivity contribution in [3.63, 3.8) is 0 Å². The SMILES string of the molecule is CC(/C=C/[C@H]1O[C@H](CC(=O)ON2C(=O)CCC2=O)CC2(CC2)[C@@H]1O)=C\C[C@@H]1O[C@H](C)[C@H](NC(=O)/C=C\C(C)OC(=O)c2ccc(F)cc2)C[C@@H]1C. The zero-order valence-corrected chi connectivity index (χ0v) is 29.4. The van der Waals surface area contributed by atoms with Crippen molar-refractivity contribution in [1.29, 1.82) is 0 Å². The van der Waals surface area contributed by atoms with Crippen molar-refractivity contribution in [1.82, 2.24) is 10.4 Å². The fourth-order valence-corrected chi connectivity index (χ4v) is 6.83. The van der Waals surface area contributed by atoms with Crippen LogP contribution >= 0.6 is 0 Å². The van der Waals surface area contributed by atoms with Crippen molar-refractivity contribution in [3.05, 3.63) is 71.6 Å². The summed E-state index contributed by atoms with van der Waals surface area (Å²) >= 11 is 0. The molecule has 3 aliphatic heterocycles. The van der Waals surface area contributed by atoms with Crippen LogP contribution in [0.1, 0.15) is 89.4 Å². The summed E-state index contributed by atoms with van der Waals surface area (Å²) in [6, 6.07) is 4.81. The number of hydrogen-bond acceptors (Lipinski definition) is 10. The lowest BCUT2D eigenvalue weighted by Crippen LogP contribution is -2.50. The minimum atomic E-state index is -0.722. The molecule has 51 heavy (non-hydrogen) atoms. The van der Waals surface area contributed by atoms with Gasteiger partial charge in [0.2, 0.25) is 5.91 Å². The number of nitrogens with zero attached hydrogens (tertiary/aromatic N) is 1. The third-order valence-corrected chi connectivity index (χ3v) is 10.1. The molecular weight excluding hydrogens is 663 g/mol. The van der Waals surface area contributed by atoms with Gasteiger partial charge in [0.25, 0.3) is 11.8 Å². The summed E-state index contributed by atoms with van der Waals surface area (Å²) in [5.41, 5.74) is 0.835. The summed E-state index contributed by atoms with van der Waals surface area (Å²) in [6.45, 7) is 7.56. The fourth-order valence-electron chi connectivity index (χ4n) is 6.83. The summed E-state index contributed by atoms with van der Waals surface area (Å²) < 4.78 is 30.8. The Morgan fingerprint density at radius 2 is 1.78 bits per heavy atom. The molecule has 1 aromatic carbocycles. The average molecular weight is 711 g/mol. The van der Waals surface area contributed by atoms with Crippen molar-refractivity contribution >= 4 is 29.7 Å². The number of benzene rings is 1. The highest BCUT2D eigenvalue weighted by Crippen LogP contribution is 2.56. The monoisotopic (exact) mass is 710 g/mol. The number of aliphatic hydroxyl groups excluding tert-OH is 1. The molecule has 13 heteroatoms. The summed E-state index contributed by atoms with van der Waals surface area (Å²) in [5.74, 6) is -3.05. The molecule has 3 amide bonds. The van der Waals surface area contributed by atoms with Gasteiger partial charge in [0, 0.05) is 24.3 Å². The molecule has 8 atom stereocenters. The highest BCUT2D eigenvalue weighted by atomic mass is 19.1. The van der Waals surface area contributed by atoms with Gasteiger partial charge in [0.15, 0.2) is 0 Å². The Balaban J connectivity index is 1.07. The van der Waals surface area contributed by atoms with Gasteiger partial charge in [-0.25, -0.2) is 14.0 Å². The fraction of sp³-hybridized carbons (Fsp3) is 0.553. The number of allylic oxidation sites excluding steroid dienone is 2. The normalized spacial score (nSPS) is 29.8. The molecular formula is C38H47FN2O10. The molecule has 4 fully saturated rings. The van der Waals surface area contributed by atoms with E-state index in [4.69, 9.17) is 19.0 Å². The molecule has 2 N–H and O–H groups in total. The van der Waals surface area contributed by atoms with Crippen LogP contribution < -0.4 is 5.32 Å². The van der Waals surface area contributed by atoms with Gasteiger partial charge in [0.1, 0.15) is 18.0 Å². The number of hydroxylamine groups is 2. The van der Waals surface area contributed by atoms with Gasteiger partial charge >= 0.3 is 11.9 Å². The van der Waals surface area contributed by atoms with Crippen molar-refractivity contribution < 1.29 is 52.5 Å². The van der Waals surface area contributed by atoms with E-state index in [0.717, 1.165) is 18.4 Å². The van der Waals surface area contributed by atoms with Crippen LogP contribution in [0.5, 0.6) is 0 Å². The number of hydrogen-bond donors (Lipinski definition) is 2. The van der Waals surface area contributed by atoms with Crippen molar-refractivity contribution in [3.8, 4) is 0 Å². The van der Waals surface area contributed by atoms with Gasteiger partial charge in [-0.3, -0.25) is 14.4 Å². The van der Waals surface area contributed by atoms with Crippen LogP contribution in [0.25, 0.3) is 0 Å². The quantitative estimate of drug-likeness (QED) is 0.138. The van der Waals surface area contributed by atoms with Gasteiger partial charge < -0.3 is 29.5 Å². The molecule has 0 aromatic heterocycles. The van der Waals surface area contributed by atoms with Crippen LogP contribution in [0.2, 0.25) is 0 Å². The van der Waals surface area contributed by atoms with Gasteiger partial charge in [-0.1, -0.05) is 30.7 Å². The predicted octanol–water partition coefficient (Wildman–Crippen LogP) is 4.41. The Hall–Kier alpha value is -4.20. The molecule has 4 aliphatic rings. The number of rotatable bonds is 12.